The van der Waals surface area contributed by atoms with Crippen LogP contribution in [-0.4, -0.2) is 64.2 Å². The molecule has 1 rings (SSSR count). The van der Waals surface area contributed by atoms with Crippen LogP contribution < -0.4 is 10.6 Å². The molecule has 1 amide bonds. The Morgan fingerprint density at radius 1 is 1.35 bits per heavy atom. The van der Waals surface area contributed by atoms with Crippen molar-refractivity contribution in [2.24, 2.45) is 4.99 Å². The summed E-state index contributed by atoms with van der Waals surface area (Å²) >= 11 is 6.19. The van der Waals surface area contributed by atoms with Crippen molar-refractivity contribution < 1.29 is 13.9 Å². The first-order valence-corrected chi connectivity index (χ1v) is 8.72. The van der Waals surface area contributed by atoms with Gasteiger partial charge in [0.1, 0.15) is 12.4 Å². The second kappa shape index (κ2) is 10.3. The van der Waals surface area contributed by atoms with Crippen molar-refractivity contribution >= 4 is 23.5 Å². The minimum Gasteiger partial charge on any atom is -0.383 e. The molecule has 1 aromatic rings. The highest BCUT2D eigenvalue weighted by atomic mass is 35.5. The molecule has 0 radical (unpaired) electrons. The number of likely N-dealkylation sites (N-methyl/N-ethyl adjacent to an activating group) is 1. The van der Waals surface area contributed by atoms with E-state index in [0.29, 0.717) is 30.7 Å². The first kappa shape index (κ1) is 22.2. The molecule has 2 N–H and O–H groups in total. The number of halogens is 2. The molecule has 26 heavy (non-hydrogen) atoms. The summed E-state index contributed by atoms with van der Waals surface area (Å²) in [5.74, 6) is 0.0374. The number of carbonyl (C=O) groups excluding carboxylic acids is 1. The largest absolute Gasteiger partial charge is 0.383 e. The van der Waals surface area contributed by atoms with Gasteiger partial charge < -0.3 is 20.3 Å². The molecule has 0 aliphatic rings. The topological polar surface area (TPSA) is 66.0 Å². The Morgan fingerprint density at radius 2 is 2.04 bits per heavy atom. The van der Waals surface area contributed by atoms with Gasteiger partial charge in [-0.3, -0.25) is 4.79 Å². The van der Waals surface area contributed by atoms with Crippen molar-refractivity contribution in [1.29, 1.82) is 0 Å². The second-order valence-electron chi connectivity index (χ2n) is 6.73. The zero-order chi connectivity index (χ0) is 19.7. The predicted molar refractivity (Wildman–Crippen MR) is 103 cm³/mol. The average Bonchev–Trinajstić information content (AvgIpc) is 2.56. The summed E-state index contributed by atoms with van der Waals surface area (Å²) in [5.41, 5.74) is 0.453. The number of rotatable bonds is 8. The van der Waals surface area contributed by atoms with Crippen molar-refractivity contribution in [2.45, 2.75) is 19.3 Å². The van der Waals surface area contributed by atoms with Gasteiger partial charge in [-0.25, -0.2) is 9.38 Å². The summed E-state index contributed by atoms with van der Waals surface area (Å²) in [4.78, 5) is 17.6. The molecule has 0 atom stereocenters. The third-order valence-corrected chi connectivity index (χ3v) is 4.14. The lowest BCUT2D eigenvalue weighted by molar-refractivity contribution is -0.127. The van der Waals surface area contributed by atoms with E-state index in [1.165, 1.54) is 17.0 Å². The Labute approximate surface area is 159 Å². The molecular formula is C18H28ClFN4O2. The normalized spacial score (nSPS) is 12.0. The Kier molecular flexibility index (Phi) is 8.81. The van der Waals surface area contributed by atoms with E-state index in [1.807, 2.05) is 13.8 Å². The van der Waals surface area contributed by atoms with Gasteiger partial charge >= 0.3 is 0 Å². The van der Waals surface area contributed by atoms with Crippen molar-refractivity contribution in [1.82, 2.24) is 15.5 Å². The molecule has 0 unspecified atom stereocenters. The van der Waals surface area contributed by atoms with E-state index in [1.54, 1.807) is 27.3 Å². The second-order valence-corrected chi connectivity index (χ2v) is 7.14. The Balaban J connectivity index is 2.82. The Hall–Kier alpha value is -1.86. The summed E-state index contributed by atoms with van der Waals surface area (Å²) in [6.07, 6.45) is 0. The molecule has 0 aliphatic heterocycles. The highest BCUT2D eigenvalue weighted by molar-refractivity contribution is 6.31. The lowest BCUT2D eigenvalue weighted by Gasteiger charge is -2.28. The number of carbonyl (C=O) groups is 1. The molecule has 0 aromatic heterocycles. The maximum absolute atomic E-state index is 13.3. The highest BCUT2D eigenvalue weighted by Gasteiger charge is 2.24. The number of amides is 1. The van der Waals surface area contributed by atoms with Crippen LogP contribution in [0.25, 0.3) is 0 Å². The van der Waals surface area contributed by atoms with Crippen LogP contribution in [0.5, 0.6) is 0 Å². The van der Waals surface area contributed by atoms with E-state index in [4.69, 9.17) is 16.3 Å². The summed E-state index contributed by atoms with van der Waals surface area (Å²) in [5, 5.41) is 6.71. The van der Waals surface area contributed by atoms with Crippen LogP contribution >= 0.6 is 11.6 Å². The number of guanidine groups is 1. The van der Waals surface area contributed by atoms with E-state index in [9.17, 15) is 9.18 Å². The van der Waals surface area contributed by atoms with Crippen LogP contribution in [0.2, 0.25) is 5.02 Å². The molecule has 8 heteroatoms. The van der Waals surface area contributed by atoms with Crippen LogP contribution in [0.3, 0.4) is 0 Å². The van der Waals surface area contributed by atoms with Gasteiger partial charge in [-0.1, -0.05) is 31.5 Å². The van der Waals surface area contributed by atoms with E-state index >= 15 is 0 Å². The molecule has 0 saturated carbocycles. The lowest BCUT2D eigenvalue weighted by Crippen LogP contribution is -2.45. The number of ether oxygens (including phenoxy) is 1. The monoisotopic (exact) mass is 386 g/mol. The fraction of sp³-hybridized carbons (Fsp3) is 0.556. The van der Waals surface area contributed by atoms with Gasteiger partial charge in [-0.2, -0.15) is 0 Å². The Morgan fingerprint density at radius 3 is 2.62 bits per heavy atom. The van der Waals surface area contributed by atoms with E-state index in [-0.39, 0.29) is 23.7 Å². The SMILES string of the molecule is COCCNC(=NCC(=O)N(C)C)NCC(C)(C)c1ccc(F)cc1Cl. The fourth-order valence-electron chi connectivity index (χ4n) is 2.17. The minimum absolute atomic E-state index is 0.0348. The summed E-state index contributed by atoms with van der Waals surface area (Å²) < 4.78 is 18.3. The Bertz CT molecular complexity index is 636. The quantitative estimate of drug-likeness (QED) is 0.407. The van der Waals surface area contributed by atoms with Gasteiger partial charge in [0.05, 0.1) is 6.61 Å². The number of aliphatic imine (C=N–C) groups is 1. The molecule has 146 valence electrons. The van der Waals surface area contributed by atoms with Gasteiger partial charge in [0, 0.05) is 44.7 Å². The molecule has 6 nitrogen and oxygen atoms in total. The first-order valence-electron chi connectivity index (χ1n) is 8.34. The van der Waals surface area contributed by atoms with Crippen molar-refractivity contribution in [2.75, 3.05) is 47.4 Å². The zero-order valence-corrected chi connectivity index (χ0v) is 16.8. The first-order chi connectivity index (χ1) is 12.2. The molecule has 0 heterocycles. The lowest BCUT2D eigenvalue weighted by atomic mass is 9.84. The third kappa shape index (κ3) is 7.17. The van der Waals surface area contributed by atoms with Crippen molar-refractivity contribution in [3.8, 4) is 0 Å². The molecule has 0 aliphatic carbocycles. The van der Waals surface area contributed by atoms with Gasteiger partial charge in [0.15, 0.2) is 5.96 Å². The minimum atomic E-state index is -0.375. The maximum atomic E-state index is 13.3. The zero-order valence-electron chi connectivity index (χ0n) is 16.0. The number of nitrogens with zero attached hydrogens (tertiary/aromatic N) is 2. The molecule has 0 saturated heterocycles. The standard InChI is InChI=1S/C18H28ClFN4O2/c1-18(2,14-7-6-13(20)10-15(14)19)12-23-17(21-8-9-26-5)22-11-16(25)24(3)4/h6-7,10H,8-9,11-12H2,1-5H3,(H2,21,22,23). The number of hydrogen-bond acceptors (Lipinski definition) is 3. The predicted octanol–water partition coefficient (Wildman–Crippen LogP) is 2.03. The number of nitrogens with one attached hydrogen (secondary N) is 2. The number of benzene rings is 1. The highest BCUT2D eigenvalue weighted by Crippen LogP contribution is 2.29. The van der Waals surface area contributed by atoms with Gasteiger partial charge in [0.2, 0.25) is 5.91 Å². The van der Waals surface area contributed by atoms with E-state index < -0.39 is 0 Å². The van der Waals surface area contributed by atoms with Crippen molar-refractivity contribution in [3.63, 3.8) is 0 Å². The molecule has 0 spiro atoms. The van der Waals surface area contributed by atoms with E-state index in [0.717, 1.165) is 5.56 Å². The average molecular weight is 387 g/mol. The van der Waals surface area contributed by atoms with Gasteiger partial charge in [-0.15, -0.1) is 0 Å². The van der Waals surface area contributed by atoms with E-state index in [2.05, 4.69) is 15.6 Å². The maximum Gasteiger partial charge on any atom is 0.243 e. The van der Waals surface area contributed by atoms with Crippen LogP contribution in [0.1, 0.15) is 19.4 Å². The van der Waals surface area contributed by atoms with Crippen molar-refractivity contribution in [3.05, 3.63) is 34.6 Å². The number of hydrogen-bond donors (Lipinski definition) is 2. The van der Waals surface area contributed by atoms with Crippen LogP contribution in [0.4, 0.5) is 4.39 Å². The summed E-state index contributed by atoms with van der Waals surface area (Å²) in [6.45, 7) is 5.58. The molecular weight excluding hydrogens is 359 g/mol. The van der Waals surface area contributed by atoms with Gasteiger partial charge in [0.25, 0.3) is 0 Å². The van der Waals surface area contributed by atoms with Crippen LogP contribution in [0, 0.1) is 5.82 Å². The van der Waals surface area contributed by atoms with Crippen LogP contribution in [0.15, 0.2) is 23.2 Å². The fourth-order valence-corrected chi connectivity index (χ4v) is 2.60. The molecule has 0 bridgehead atoms. The molecule has 0 fully saturated rings. The smallest absolute Gasteiger partial charge is 0.243 e. The van der Waals surface area contributed by atoms with Gasteiger partial charge in [-0.05, 0) is 17.7 Å². The summed E-state index contributed by atoms with van der Waals surface area (Å²) in [6, 6.07) is 4.38. The number of methoxy groups -OCH3 is 1. The summed E-state index contributed by atoms with van der Waals surface area (Å²) in [7, 11) is 4.98. The molecule has 1 aromatic carbocycles. The third-order valence-electron chi connectivity index (χ3n) is 3.83. The van der Waals surface area contributed by atoms with Crippen LogP contribution in [-0.2, 0) is 14.9 Å².